The standard InChI is InChI=1S/C16H12ClN3O2/c17-14-3-1-2-4-15(14)22-11-16(21)20-19-10-13-7-5-12(9-18)6-8-13/h1-8,10H,11H2,(H,20,21)/b19-10+. The first kappa shape index (κ1) is 15.5. The number of ether oxygens (including phenoxy) is 1. The summed E-state index contributed by atoms with van der Waals surface area (Å²) in [5.41, 5.74) is 3.68. The molecule has 0 saturated heterocycles. The van der Waals surface area contributed by atoms with E-state index >= 15 is 0 Å². The topological polar surface area (TPSA) is 74.5 Å². The Morgan fingerprint density at radius 1 is 1.27 bits per heavy atom. The first-order valence-electron chi connectivity index (χ1n) is 6.38. The molecule has 0 aliphatic carbocycles. The molecular weight excluding hydrogens is 302 g/mol. The van der Waals surface area contributed by atoms with E-state index in [1.165, 1.54) is 6.21 Å². The smallest absolute Gasteiger partial charge is 0.277 e. The second kappa shape index (κ2) is 7.81. The van der Waals surface area contributed by atoms with E-state index in [1.54, 1.807) is 48.5 Å². The second-order valence-corrected chi connectivity index (χ2v) is 4.65. The summed E-state index contributed by atoms with van der Waals surface area (Å²) in [7, 11) is 0. The van der Waals surface area contributed by atoms with Crippen LogP contribution in [0.4, 0.5) is 0 Å². The fourth-order valence-electron chi connectivity index (χ4n) is 1.56. The van der Waals surface area contributed by atoms with Gasteiger partial charge < -0.3 is 4.74 Å². The predicted octanol–water partition coefficient (Wildman–Crippen LogP) is 2.74. The monoisotopic (exact) mass is 313 g/mol. The Labute approximate surface area is 132 Å². The molecule has 22 heavy (non-hydrogen) atoms. The summed E-state index contributed by atoms with van der Waals surface area (Å²) in [6, 6.07) is 15.7. The average Bonchev–Trinajstić information content (AvgIpc) is 2.55. The van der Waals surface area contributed by atoms with Gasteiger partial charge in [-0.05, 0) is 29.8 Å². The van der Waals surface area contributed by atoms with E-state index in [-0.39, 0.29) is 6.61 Å². The normalized spacial score (nSPS) is 10.2. The summed E-state index contributed by atoms with van der Waals surface area (Å²) in [5, 5.41) is 12.9. The molecule has 6 heteroatoms. The highest BCUT2D eigenvalue weighted by molar-refractivity contribution is 6.32. The zero-order valence-corrected chi connectivity index (χ0v) is 12.2. The van der Waals surface area contributed by atoms with Crippen molar-refractivity contribution in [1.29, 1.82) is 5.26 Å². The minimum absolute atomic E-state index is 0.186. The van der Waals surface area contributed by atoms with Crippen LogP contribution in [0.5, 0.6) is 5.75 Å². The van der Waals surface area contributed by atoms with Crippen molar-refractivity contribution in [3.8, 4) is 11.8 Å². The SMILES string of the molecule is N#Cc1ccc(/C=N/NC(=O)COc2ccccc2Cl)cc1. The van der Waals surface area contributed by atoms with Gasteiger partial charge in [-0.15, -0.1) is 0 Å². The first-order chi connectivity index (χ1) is 10.7. The van der Waals surface area contributed by atoms with Crippen molar-refractivity contribution < 1.29 is 9.53 Å². The number of halogens is 1. The van der Waals surface area contributed by atoms with E-state index in [2.05, 4.69) is 10.5 Å². The molecule has 0 bridgehead atoms. The molecule has 0 spiro atoms. The zero-order valence-electron chi connectivity index (χ0n) is 11.5. The molecule has 0 saturated carbocycles. The van der Waals surface area contributed by atoms with Crippen LogP contribution in [0.1, 0.15) is 11.1 Å². The molecule has 2 aromatic carbocycles. The first-order valence-corrected chi connectivity index (χ1v) is 6.76. The molecule has 0 fully saturated rings. The number of hydrogen-bond donors (Lipinski definition) is 1. The van der Waals surface area contributed by atoms with Crippen molar-refractivity contribution in [3.63, 3.8) is 0 Å². The number of carbonyl (C=O) groups is 1. The van der Waals surface area contributed by atoms with Crippen LogP contribution in [0.25, 0.3) is 0 Å². The maximum Gasteiger partial charge on any atom is 0.277 e. The Hall–Kier alpha value is -2.84. The Morgan fingerprint density at radius 3 is 2.68 bits per heavy atom. The quantitative estimate of drug-likeness (QED) is 0.681. The van der Waals surface area contributed by atoms with Crippen LogP contribution < -0.4 is 10.2 Å². The third-order valence-corrected chi connectivity index (χ3v) is 2.95. The second-order valence-electron chi connectivity index (χ2n) is 4.25. The molecule has 2 aromatic rings. The van der Waals surface area contributed by atoms with E-state index in [0.29, 0.717) is 16.3 Å². The van der Waals surface area contributed by atoms with Gasteiger partial charge in [-0.3, -0.25) is 4.79 Å². The van der Waals surface area contributed by atoms with Crippen molar-refractivity contribution in [2.45, 2.75) is 0 Å². The highest BCUT2D eigenvalue weighted by Gasteiger charge is 2.04. The largest absolute Gasteiger partial charge is 0.482 e. The molecule has 0 aliphatic rings. The third-order valence-electron chi connectivity index (χ3n) is 2.64. The summed E-state index contributed by atoms with van der Waals surface area (Å²) in [5.74, 6) is 0.0419. The minimum Gasteiger partial charge on any atom is -0.482 e. The van der Waals surface area contributed by atoms with Crippen molar-refractivity contribution in [2.24, 2.45) is 5.10 Å². The Balaban J connectivity index is 1.81. The lowest BCUT2D eigenvalue weighted by Gasteiger charge is -2.06. The van der Waals surface area contributed by atoms with E-state index in [4.69, 9.17) is 21.6 Å². The summed E-state index contributed by atoms with van der Waals surface area (Å²) in [4.78, 5) is 11.6. The number of nitriles is 1. The van der Waals surface area contributed by atoms with Crippen LogP contribution in [0.2, 0.25) is 5.02 Å². The number of rotatable bonds is 5. The van der Waals surface area contributed by atoms with Crippen molar-refractivity contribution >= 4 is 23.7 Å². The number of nitrogens with one attached hydrogen (secondary N) is 1. The Bertz CT molecular complexity index is 721. The molecular formula is C16H12ClN3O2. The van der Waals surface area contributed by atoms with E-state index in [9.17, 15) is 4.79 Å². The molecule has 0 heterocycles. The lowest BCUT2D eigenvalue weighted by atomic mass is 10.2. The molecule has 0 unspecified atom stereocenters. The number of carbonyl (C=O) groups excluding carboxylic acids is 1. The number of hydrogen-bond acceptors (Lipinski definition) is 4. The molecule has 1 N–H and O–H groups in total. The minimum atomic E-state index is -0.398. The van der Waals surface area contributed by atoms with Crippen molar-refractivity contribution in [2.75, 3.05) is 6.61 Å². The van der Waals surface area contributed by atoms with E-state index in [0.717, 1.165) is 5.56 Å². The fourth-order valence-corrected chi connectivity index (χ4v) is 1.75. The molecule has 5 nitrogen and oxygen atoms in total. The third kappa shape index (κ3) is 4.62. The Kier molecular flexibility index (Phi) is 5.52. The molecule has 0 radical (unpaired) electrons. The van der Waals surface area contributed by atoms with Gasteiger partial charge in [0.25, 0.3) is 5.91 Å². The molecule has 0 aromatic heterocycles. The number of amides is 1. The van der Waals surface area contributed by atoms with Crippen molar-refractivity contribution in [3.05, 3.63) is 64.7 Å². The summed E-state index contributed by atoms with van der Waals surface area (Å²) >= 11 is 5.91. The van der Waals surface area contributed by atoms with Gasteiger partial charge in [0.2, 0.25) is 0 Å². The van der Waals surface area contributed by atoms with Crippen LogP contribution in [0.15, 0.2) is 53.6 Å². The lowest BCUT2D eigenvalue weighted by Crippen LogP contribution is -2.24. The number of nitrogens with zero attached hydrogens (tertiary/aromatic N) is 2. The number of benzene rings is 2. The average molecular weight is 314 g/mol. The van der Waals surface area contributed by atoms with E-state index < -0.39 is 5.91 Å². The number of hydrazone groups is 1. The lowest BCUT2D eigenvalue weighted by molar-refractivity contribution is -0.123. The highest BCUT2D eigenvalue weighted by atomic mass is 35.5. The van der Waals surface area contributed by atoms with Gasteiger partial charge in [0, 0.05) is 0 Å². The highest BCUT2D eigenvalue weighted by Crippen LogP contribution is 2.22. The summed E-state index contributed by atoms with van der Waals surface area (Å²) in [6.45, 7) is -0.186. The number of para-hydroxylation sites is 1. The van der Waals surface area contributed by atoms with Gasteiger partial charge in [0.1, 0.15) is 5.75 Å². The van der Waals surface area contributed by atoms with Gasteiger partial charge in [-0.1, -0.05) is 35.9 Å². The predicted molar refractivity (Wildman–Crippen MR) is 83.8 cm³/mol. The van der Waals surface area contributed by atoms with Gasteiger partial charge in [-0.25, -0.2) is 5.43 Å². The van der Waals surface area contributed by atoms with Gasteiger partial charge in [0.05, 0.1) is 22.9 Å². The van der Waals surface area contributed by atoms with Crippen molar-refractivity contribution in [1.82, 2.24) is 5.43 Å². The molecule has 0 aliphatic heterocycles. The Morgan fingerprint density at radius 2 is 2.00 bits per heavy atom. The van der Waals surface area contributed by atoms with Crippen LogP contribution in [-0.2, 0) is 4.79 Å². The van der Waals surface area contributed by atoms with E-state index in [1.807, 2.05) is 6.07 Å². The molecule has 1 amide bonds. The van der Waals surface area contributed by atoms with Crippen LogP contribution in [0, 0.1) is 11.3 Å². The van der Waals surface area contributed by atoms with Gasteiger partial charge in [0.15, 0.2) is 6.61 Å². The molecule has 0 atom stereocenters. The zero-order chi connectivity index (χ0) is 15.8. The maximum absolute atomic E-state index is 11.6. The van der Waals surface area contributed by atoms with Crippen LogP contribution in [0.3, 0.4) is 0 Å². The maximum atomic E-state index is 11.6. The van der Waals surface area contributed by atoms with Gasteiger partial charge in [-0.2, -0.15) is 10.4 Å². The molecule has 110 valence electrons. The fraction of sp³-hybridized carbons (Fsp3) is 0.0625. The van der Waals surface area contributed by atoms with Crippen LogP contribution in [-0.4, -0.2) is 18.7 Å². The van der Waals surface area contributed by atoms with Crippen LogP contribution >= 0.6 is 11.6 Å². The molecule has 2 rings (SSSR count). The van der Waals surface area contributed by atoms with Gasteiger partial charge >= 0.3 is 0 Å². The summed E-state index contributed by atoms with van der Waals surface area (Å²) in [6.07, 6.45) is 1.48. The summed E-state index contributed by atoms with van der Waals surface area (Å²) < 4.78 is 5.28.